The second-order valence-corrected chi connectivity index (χ2v) is 10.0. The standard InChI is InChI=1S/C29H34N4O5/c1-18(34)19-5-8-22(9-6-19)30-29(35)38-17-23-13-20-11-12-33(23)16-24(20)26-15-25(31-32(26)2)21-7-10-27(36-3)28(14-21)37-4/h5-10,14-15,20,23-24H,11-13,16-17H2,1-4H3,(H,30,35)/t20-,23+,24-/m0/s1. The van der Waals surface area contributed by atoms with Crippen LogP contribution in [0.15, 0.2) is 48.5 Å². The normalized spacial score (nSPS) is 22.1. The Hall–Kier alpha value is -3.85. The third-order valence-electron chi connectivity index (χ3n) is 7.80. The van der Waals surface area contributed by atoms with Crippen molar-refractivity contribution < 1.29 is 23.8 Å². The Morgan fingerprint density at radius 1 is 1.05 bits per heavy atom. The molecule has 38 heavy (non-hydrogen) atoms. The number of rotatable bonds is 8. The molecule has 1 amide bonds. The lowest BCUT2D eigenvalue weighted by atomic mass is 9.74. The molecule has 3 saturated heterocycles. The maximum atomic E-state index is 12.4. The zero-order valence-corrected chi connectivity index (χ0v) is 22.3. The average Bonchev–Trinajstić information content (AvgIpc) is 3.33. The fourth-order valence-electron chi connectivity index (χ4n) is 5.73. The quantitative estimate of drug-likeness (QED) is 0.431. The van der Waals surface area contributed by atoms with Crippen LogP contribution in [0.1, 0.15) is 41.7 Å². The molecular weight excluding hydrogens is 484 g/mol. The van der Waals surface area contributed by atoms with Crippen molar-refractivity contribution in [2.45, 2.75) is 31.7 Å². The van der Waals surface area contributed by atoms with E-state index in [1.807, 2.05) is 29.9 Å². The van der Waals surface area contributed by atoms with Crippen LogP contribution in [0.3, 0.4) is 0 Å². The van der Waals surface area contributed by atoms with Crippen LogP contribution in [0.4, 0.5) is 10.5 Å². The molecule has 9 nitrogen and oxygen atoms in total. The number of ether oxygens (including phenoxy) is 3. The van der Waals surface area contributed by atoms with Gasteiger partial charge in [0.1, 0.15) is 6.61 Å². The van der Waals surface area contributed by atoms with E-state index in [2.05, 4.69) is 16.3 Å². The van der Waals surface area contributed by atoms with Crippen LogP contribution in [-0.4, -0.2) is 66.5 Å². The lowest BCUT2D eigenvalue weighted by Crippen LogP contribution is -2.54. The van der Waals surface area contributed by atoms with E-state index in [9.17, 15) is 9.59 Å². The van der Waals surface area contributed by atoms with Crippen molar-refractivity contribution in [2.24, 2.45) is 13.0 Å². The maximum Gasteiger partial charge on any atom is 0.411 e. The van der Waals surface area contributed by atoms with Crippen molar-refractivity contribution in [3.05, 3.63) is 59.8 Å². The number of nitrogens with one attached hydrogen (secondary N) is 1. The van der Waals surface area contributed by atoms with Crippen molar-refractivity contribution in [3.8, 4) is 22.8 Å². The topological polar surface area (TPSA) is 94.9 Å². The molecule has 0 saturated carbocycles. The van der Waals surface area contributed by atoms with Gasteiger partial charge in [0.15, 0.2) is 17.3 Å². The molecule has 0 aliphatic carbocycles. The number of ketones is 1. The average molecular weight is 519 g/mol. The fourth-order valence-corrected chi connectivity index (χ4v) is 5.73. The van der Waals surface area contributed by atoms with E-state index in [1.54, 1.807) is 38.5 Å². The number of nitrogens with zero attached hydrogens (tertiary/aromatic N) is 3. The number of hydrogen-bond acceptors (Lipinski definition) is 7. The number of amides is 1. The van der Waals surface area contributed by atoms with Crippen molar-refractivity contribution in [1.29, 1.82) is 0 Å². The van der Waals surface area contributed by atoms with E-state index >= 15 is 0 Å². The SMILES string of the molecule is COc1ccc(-c2cc([C@H]3CN4CC[C@H]3C[C@@H]4COC(=O)Nc3ccc(C(C)=O)cc3)n(C)n2)cc1OC. The highest BCUT2D eigenvalue weighted by molar-refractivity contribution is 5.94. The number of carbonyl (C=O) groups excluding carboxylic acids is 2. The largest absolute Gasteiger partial charge is 0.493 e. The molecule has 0 radical (unpaired) electrons. The third-order valence-corrected chi connectivity index (χ3v) is 7.80. The minimum atomic E-state index is -0.481. The van der Waals surface area contributed by atoms with E-state index in [-0.39, 0.29) is 11.8 Å². The fraction of sp³-hybridized carbons (Fsp3) is 0.414. The predicted molar refractivity (Wildman–Crippen MR) is 144 cm³/mol. The van der Waals surface area contributed by atoms with Crippen LogP contribution in [0, 0.1) is 5.92 Å². The zero-order chi connectivity index (χ0) is 26.8. The summed E-state index contributed by atoms with van der Waals surface area (Å²) in [6, 6.07) is 15.0. The number of benzene rings is 2. The van der Waals surface area contributed by atoms with Gasteiger partial charge in [0.25, 0.3) is 0 Å². The van der Waals surface area contributed by atoms with Gasteiger partial charge in [0.05, 0.1) is 19.9 Å². The minimum Gasteiger partial charge on any atom is -0.493 e. The van der Waals surface area contributed by atoms with E-state index in [4.69, 9.17) is 19.3 Å². The first-order valence-corrected chi connectivity index (χ1v) is 12.9. The lowest BCUT2D eigenvalue weighted by Gasteiger charge is -2.49. The van der Waals surface area contributed by atoms with E-state index in [1.165, 1.54) is 12.6 Å². The van der Waals surface area contributed by atoms with Crippen molar-refractivity contribution in [2.75, 3.05) is 39.2 Å². The molecule has 2 aromatic carbocycles. The summed E-state index contributed by atoms with van der Waals surface area (Å²) in [6.07, 6.45) is 1.61. The van der Waals surface area contributed by atoms with Crippen LogP contribution in [-0.2, 0) is 11.8 Å². The van der Waals surface area contributed by atoms with Gasteiger partial charge in [-0.15, -0.1) is 0 Å². The minimum absolute atomic E-state index is 0.0119. The molecule has 3 aromatic rings. The molecule has 6 rings (SSSR count). The van der Waals surface area contributed by atoms with E-state index in [0.29, 0.717) is 41.2 Å². The molecule has 3 aliphatic heterocycles. The first-order valence-electron chi connectivity index (χ1n) is 12.9. The Morgan fingerprint density at radius 2 is 1.82 bits per heavy atom. The monoisotopic (exact) mass is 518 g/mol. The maximum absolute atomic E-state index is 12.4. The van der Waals surface area contributed by atoms with Gasteiger partial charge in [-0.1, -0.05) is 0 Å². The number of anilines is 1. The van der Waals surface area contributed by atoms with Crippen LogP contribution < -0.4 is 14.8 Å². The number of fused-ring (bicyclic) bond motifs is 3. The molecule has 1 N–H and O–H groups in total. The number of methoxy groups -OCH3 is 2. The highest BCUT2D eigenvalue weighted by Gasteiger charge is 2.42. The summed E-state index contributed by atoms with van der Waals surface area (Å²) < 4.78 is 18.4. The second kappa shape index (κ2) is 10.9. The first kappa shape index (κ1) is 25.8. The Kier molecular flexibility index (Phi) is 7.37. The predicted octanol–water partition coefficient (Wildman–Crippen LogP) is 4.73. The molecule has 3 fully saturated rings. The number of piperidine rings is 3. The van der Waals surface area contributed by atoms with Crippen LogP contribution >= 0.6 is 0 Å². The van der Waals surface area contributed by atoms with E-state index < -0.39 is 6.09 Å². The van der Waals surface area contributed by atoms with Gasteiger partial charge in [0.2, 0.25) is 0 Å². The summed E-state index contributed by atoms with van der Waals surface area (Å²) >= 11 is 0. The summed E-state index contributed by atoms with van der Waals surface area (Å²) in [5.41, 5.74) is 4.32. The number of aromatic nitrogens is 2. The third kappa shape index (κ3) is 5.24. The van der Waals surface area contributed by atoms with Gasteiger partial charge in [-0.2, -0.15) is 5.10 Å². The van der Waals surface area contributed by atoms with Gasteiger partial charge >= 0.3 is 6.09 Å². The van der Waals surface area contributed by atoms with Crippen LogP contribution in [0.5, 0.6) is 11.5 Å². The molecule has 4 heterocycles. The molecular formula is C29H34N4O5. The number of carbonyl (C=O) groups is 2. The summed E-state index contributed by atoms with van der Waals surface area (Å²) in [5, 5.41) is 7.56. The number of hydrogen-bond donors (Lipinski definition) is 1. The van der Waals surface area contributed by atoms with Crippen molar-refractivity contribution >= 4 is 17.6 Å². The number of Topliss-reactive ketones (excluding diaryl/α,β-unsaturated/α-hetero) is 1. The van der Waals surface area contributed by atoms with Gasteiger partial charge in [0, 0.05) is 48.1 Å². The van der Waals surface area contributed by atoms with Gasteiger partial charge in [-0.3, -0.25) is 19.7 Å². The van der Waals surface area contributed by atoms with Gasteiger partial charge in [-0.25, -0.2) is 4.79 Å². The Balaban J connectivity index is 1.20. The van der Waals surface area contributed by atoms with E-state index in [0.717, 1.165) is 37.2 Å². The highest BCUT2D eigenvalue weighted by atomic mass is 16.5. The Bertz CT molecular complexity index is 1320. The van der Waals surface area contributed by atoms with Crippen molar-refractivity contribution in [1.82, 2.24) is 14.7 Å². The Labute approximate surface area is 222 Å². The van der Waals surface area contributed by atoms with Gasteiger partial charge < -0.3 is 14.2 Å². The highest BCUT2D eigenvalue weighted by Crippen LogP contribution is 2.43. The van der Waals surface area contributed by atoms with Gasteiger partial charge in [-0.05, 0) is 80.8 Å². The Morgan fingerprint density at radius 3 is 2.47 bits per heavy atom. The molecule has 1 unspecified atom stereocenters. The summed E-state index contributed by atoms with van der Waals surface area (Å²) in [6.45, 7) is 3.78. The summed E-state index contributed by atoms with van der Waals surface area (Å²) in [4.78, 5) is 26.3. The summed E-state index contributed by atoms with van der Waals surface area (Å²) in [5.74, 6) is 2.24. The lowest BCUT2D eigenvalue weighted by molar-refractivity contribution is -0.00222. The second-order valence-electron chi connectivity index (χ2n) is 10.0. The zero-order valence-electron chi connectivity index (χ0n) is 22.3. The molecule has 0 spiro atoms. The summed E-state index contributed by atoms with van der Waals surface area (Å²) in [7, 11) is 5.27. The molecule has 1 aromatic heterocycles. The molecule has 3 aliphatic rings. The first-order chi connectivity index (χ1) is 18.4. The smallest absolute Gasteiger partial charge is 0.411 e. The molecule has 200 valence electrons. The van der Waals surface area contributed by atoms with Crippen molar-refractivity contribution in [3.63, 3.8) is 0 Å². The number of aryl methyl sites for hydroxylation is 1. The molecule has 2 bridgehead atoms. The molecule has 9 heteroatoms. The molecule has 4 atom stereocenters. The van der Waals surface area contributed by atoms with Crippen LogP contribution in [0.2, 0.25) is 0 Å². The van der Waals surface area contributed by atoms with Crippen LogP contribution in [0.25, 0.3) is 11.3 Å².